The molecule has 1 heterocycles. The fourth-order valence-electron chi connectivity index (χ4n) is 2.51. The Bertz CT molecular complexity index is 1190. The molecule has 0 aliphatic heterocycles. The molecule has 0 saturated heterocycles. The van der Waals surface area contributed by atoms with Crippen molar-refractivity contribution < 1.29 is 37.0 Å². The SMILES string of the molecule is CCC(C)(OC(=O)c1cc(-n2c(=O)cc(C(F)(F)F)n(C)c2=O)c(F)cc1I)C(=O)O. The van der Waals surface area contributed by atoms with Crippen LogP contribution in [0.5, 0.6) is 0 Å². The number of carboxylic acid groups (broad SMARTS) is 1. The summed E-state index contributed by atoms with van der Waals surface area (Å²) in [6, 6.07) is 1.63. The monoisotopic (exact) mass is 558 g/mol. The van der Waals surface area contributed by atoms with E-state index in [1.54, 1.807) is 22.6 Å². The maximum absolute atomic E-state index is 14.6. The third kappa shape index (κ3) is 4.65. The average molecular weight is 558 g/mol. The van der Waals surface area contributed by atoms with Gasteiger partial charge in [0.25, 0.3) is 5.56 Å². The third-order valence-electron chi connectivity index (χ3n) is 4.55. The Kier molecular flexibility index (Phi) is 6.68. The topological polar surface area (TPSA) is 108 Å². The van der Waals surface area contributed by atoms with Crippen LogP contribution in [0.1, 0.15) is 36.3 Å². The van der Waals surface area contributed by atoms with Crippen molar-refractivity contribution in [3.8, 4) is 5.69 Å². The maximum Gasteiger partial charge on any atom is 0.431 e. The van der Waals surface area contributed by atoms with Gasteiger partial charge in [0.1, 0.15) is 11.5 Å². The van der Waals surface area contributed by atoms with Crippen molar-refractivity contribution in [2.24, 2.45) is 7.05 Å². The van der Waals surface area contributed by atoms with Crippen LogP contribution in [0, 0.1) is 9.39 Å². The van der Waals surface area contributed by atoms with Crippen molar-refractivity contribution in [1.82, 2.24) is 9.13 Å². The molecule has 0 bridgehead atoms. The number of carbonyl (C=O) groups excluding carboxylic acids is 1. The van der Waals surface area contributed by atoms with E-state index >= 15 is 0 Å². The minimum absolute atomic E-state index is 0.0375. The van der Waals surface area contributed by atoms with Crippen molar-refractivity contribution in [3.05, 3.63) is 59.7 Å². The van der Waals surface area contributed by atoms with Crippen LogP contribution >= 0.6 is 22.6 Å². The number of alkyl halides is 3. The highest BCUT2D eigenvalue weighted by Gasteiger charge is 2.37. The van der Waals surface area contributed by atoms with Gasteiger partial charge >= 0.3 is 23.8 Å². The molecule has 0 aliphatic carbocycles. The number of hydrogen-bond donors (Lipinski definition) is 1. The normalized spacial score (nSPS) is 13.5. The summed E-state index contributed by atoms with van der Waals surface area (Å²) in [4.78, 5) is 48.5. The average Bonchev–Trinajstić information content (AvgIpc) is 2.64. The summed E-state index contributed by atoms with van der Waals surface area (Å²) in [6.45, 7) is 2.59. The van der Waals surface area contributed by atoms with Crippen molar-refractivity contribution in [2.75, 3.05) is 0 Å². The number of aromatic nitrogens is 2. The Morgan fingerprint density at radius 3 is 2.26 bits per heavy atom. The molecule has 2 rings (SSSR count). The van der Waals surface area contributed by atoms with Crippen LogP contribution in [0.4, 0.5) is 17.6 Å². The van der Waals surface area contributed by atoms with Crippen molar-refractivity contribution in [3.63, 3.8) is 0 Å². The summed E-state index contributed by atoms with van der Waals surface area (Å²) in [5.41, 5.74) is -7.59. The standard InChI is InChI=1S/C18H15F4IN2O6/c1-4-17(2,15(28)29)31-14(27)8-5-11(9(19)6-10(8)23)25-13(26)7-12(18(20,21)22)24(3)16(25)30/h5-7H,4H2,1-3H3,(H,28,29). The second kappa shape index (κ2) is 8.43. The summed E-state index contributed by atoms with van der Waals surface area (Å²) < 4.78 is 58.8. The van der Waals surface area contributed by atoms with Gasteiger partial charge in [0.15, 0.2) is 0 Å². The number of esters is 1. The van der Waals surface area contributed by atoms with Gasteiger partial charge in [0.2, 0.25) is 5.60 Å². The number of nitrogens with zero attached hydrogens (tertiary/aromatic N) is 2. The Labute approximate surface area is 185 Å². The first-order valence-corrected chi connectivity index (χ1v) is 9.58. The van der Waals surface area contributed by atoms with Crippen LogP contribution in [0.3, 0.4) is 0 Å². The van der Waals surface area contributed by atoms with Crippen molar-refractivity contribution in [1.29, 1.82) is 0 Å². The zero-order chi connectivity index (χ0) is 23.9. The molecule has 1 atom stereocenters. The summed E-state index contributed by atoms with van der Waals surface area (Å²) in [6.07, 6.45) is -5.11. The highest BCUT2D eigenvalue weighted by Crippen LogP contribution is 2.28. The van der Waals surface area contributed by atoms with E-state index in [9.17, 15) is 41.8 Å². The predicted molar refractivity (Wildman–Crippen MR) is 107 cm³/mol. The molecule has 1 aromatic heterocycles. The zero-order valence-corrected chi connectivity index (χ0v) is 18.4. The Balaban J connectivity index is 2.71. The summed E-state index contributed by atoms with van der Waals surface area (Å²) in [7, 11) is 0.750. The van der Waals surface area contributed by atoms with Gasteiger partial charge in [-0.15, -0.1) is 0 Å². The van der Waals surface area contributed by atoms with Gasteiger partial charge in [-0.1, -0.05) is 6.92 Å². The third-order valence-corrected chi connectivity index (χ3v) is 5.45. The van der Waals surface area contributed by atoms with Gasteiger partial charge in [0.05, 0.1) is 11.3 Å². The number of halogens is 5. The minimum Gasteiger partial charge on any atom is -0.478 e. The summed E-state index contributed by atoms with van der Waals surface area (Å²) in [5, 5.41) is 9.25. The quantitative estimate of drug-likeness (QED) is 0.344. The molecular weight excluding hydrogens is 543 g/mol. The lowest BCUT2D eigenvalue weighted by Crippen LogP contribution is -2.41. The first kappa shape index (κ1) is 24.6. The zero-order valence-electron chi connectivity index (χ0n) is 16.2. The molecule has 0 radical (unpaired) electrons. The Morgan fingerprint density at radius 1 is 1.19 bits per heavy atom. The van der Waals surface area contributed by atoms with E-state index in [4.69, 9.17) is 4.74 Å². The molecule has 1 unspecified atom stereocenters. The van der Waals surface area contributed by atoms with Gasteiger partial charge in [-0.25, -0.2) is 23.3 Å². The molecule has 0 fully saturated rings. The van der Waals surface area contributed by atoms with Crippen LogP contribution in [0.15, 0.2) is 27.8 Å². The van der Waals surface area contributed by atoms with E-state index in [0.717, 1.165) is 26.1 Å². The molecule has 0 saturated carbocycles. The van der Waals surface area contributed by atoms with E-state index < -0.39 is 52.2 Å². The molecule has 13 heteroatoms. The molecular formula is C18H15F4IN2O6. The fourth-order valence-corrected chi connectivity index (χ4v) is 3.16. The molecule has 2 aromatic rings. The van der Waals surface area contributed by atoms with Gasteiger partial charge in [-0.3, -0.25) is 9.36 Å². The Hall–Kier alpha value is -2.71. The van der Waals surface area contributed by atoms with E-state index in [1.807, 2.05) is 0 Å². The highest BCUT2D eigenvalue weighted by molar-refractivity contribution is 14.1. The fraction of sp³-hybridized carbons (Fsp3) is 0.333. The molecule has 0 spiro atoms. The van der Waals surface area contributed by atoms with Gasteiger partial charge < -0.3 is 9.84 Å². The van der Waals surface area contributed by atoms with Crippen molar-refractivity contribution >= 4 is 34.5 Å². The van der Waals surface area contributed by atoms with Gasteiger partial charge in [-0.05, 0) is 48.1 Å². The van der Waals surface area contributed by atoms with E-state index in [1.165, 1.54) is 6.92 Å². The van der Waals surface area contributed by atoms with Crippen LogP contribution < -0.4 is 11.2 Å². The second-order valence-corrected chi connectivity index (χ2v) is 7.77. The number of carboxylic acids is 1. The largest absolute Gasteiger partial charge is 0.478 e. The minimum atomic E-state index is -5.01. The first-order valence-electron chi connectivity index (χ1n) is 8.50. The molecule has 168 valence electrons. The van der Waals surface area contributed by atoms with Crippen LogP contribution in [0.2, 0.25) is 0 Å². The summed E-state index contributed by atoms with van der Waals surface area (Å²) in [5.74, 6) is -3.79. The molecule has 8 nitrogen and oxygen atoms in total. The van der Waals surface area contributed by atoms with Crippen LogP contribution in [-0.4, -0.2) is 31.8 Å². The van der Waals surface area contributed by atoms with E-state index in [2.05, 4.69) is 0 Å². The van der Waals surface area contributed by atoms with E-state index in [0.29, 0.717) is 0 Å². The van der Waals surface area contributed by atoms with Gasteiger partial charge in [-0.2, -0.15) is 13.2 Å². The number of hydrogen-bond acceptors (Lipinski definition) is 5. The second-order valence-electron chi connectivity index (χ2n) is 6.61. The number of aliphatic carboxylic acids is 1. The predicted octanol–water partition coefficient (Wildman–Crippen LogP) is 2.71. The van der Waals surface area contributed by atoms with Gasteiger partial charge in [0, 0.05) is 16.7 Å². The molecule has 1 N–H and O–H groups in total. The van der Waals surface area contributed by atoms with Crippen molar-refractivity contribution in [2.45, 2.75) is 32.0 Å². The highest BCUT2D eigenvalue weighted by atomic mass is 127. The maximum atomic E-state index is 14.6. The number of carbonyl (C=O) groups is 2. The number of benzene rings is 1. The lowest BCUT2D eigenvalue weighted by atomic mass is 10.0. The molecule has 1 aromatic carbocycles. The smallest absolute Gasteiger partial charge is 0.431 e. The lowest BCUT2D eigenvalue weighted by Gasteiger charge is -2.24. The number of ether oxygens (including phenoxy) is 1. The van der Waals surface area contributed by atoms with E-state index in [-0.39, 0.29) is 30.8 Å². The molecule has 31 heavy (non-hydrogen) atoms. The summed E-state index contributed by atoms with van der Waals surface area (Å²) >= 11 is 1.55. The Morgan fingerprint density at radius 2 is 1.77 bits per heavy atom. The lowest BCUT2D eigenvalue weighted by molar-refractivity contribution is -0.157. The molecule has 0 amide bonds. The first-order chi connectivity index (χ1) is 14.1. The van der Waals surface area contributed by atoms with Crippen LogP contribution in [-0.2, 0) is 22.8 Å². The molecule has 0 aliphatic rings. The number of rotatable bonds is 5. The van der Waals surface area contributed by atoms with Crippen LogP contribution in [0.25, 0.3) is 5.69 Å².